The van der Waals surface area contributed by atoms with Crippen molar-refractivity contribution in [2.24, 2.45) is 0 Å². The lowest BCUT2D eigenvalue weighted by Gasteiger charge is -2.17. The van der Waals surface area contributed by atoms with E-state index in [0.29, 0.717) is 17.4 Å². The summed E-state index contributed by atoms with van der Waals surface area (Å²) in [6.45, 7) is 4.13. The van der Waals surface area contributed by atoms with Crippen molar-refractivity contribution in [3.05, 3.63) is 64.5 Å². The zero-order valence-corrected chi connectivity index (χ0v) is 19.2. The molecule has 1 atom stereocenters. The van der Waals surface area contributed by atoms with Gasteiger partial charge in [-0.3, -0.25) is 4.68 Å². The second-order valence-electron chi connectivity index (χ2n) is 8.59. The van der Waals surface area contributed by atoms with Crippen LogP contribution >= 0.6 is 11.6 Å². The minimum atomic E-state index is -0.456. The van der Waals surface area contributed by atoms with E-state index in [-0.39, 0.29) is 10.9 Å². The van der Waals surface area contributed by atoms with Crippen LogP contribution in [0, 0.1) is 12.7 Å². The molecule has 0 bridgehead atoms. The van der Waals surface area contributed by atoms with Crippen molar-refractivity contribution in [1.29, 1.82) is 0 Å². The SMILES string of the molecule is COc1ccc(F)c(Cl)c1C(C)c1c[nH]c2ncc(-c3cnn(C4CCCC4)c3C)cc12. The van der Waals surface area contributed by atoms with Gasteiger partial charge >= 0.3 is 0 Å². The molecule has 0 radical (unpaired) electrons. The molecule has 1 aromatic carbocycles. The Hall–Kier alpha value is -2.86. The average Bonchev–Trinajstić information content (AvgIpc) is 3.54. The smallest absolute Gasteiger partial charge is 0.142 e. The summed E-state index contributed by atoms with van der Waals surface area (Å²) in [5.41, 5.74) is 5.67. The minimum Gasteiger partial charge on any atom is -0.496 e. The second-order valence-corrected chi connectivity index (χ2v) is 8.97. The largest absolute Gasteiger partial charge is 0.496 e. The van der Waals surface area contributed by atoms with Gasteiger partial charge in [-0.05, 0) is 43.5 Å². The lowest BCUT2D eigenvalue weighted by atomic mass is 9.91. The first-order chi connectivity index (χ1) is 15.5. The quantitative estimate of drug-likeness (QED) is 0.362. The number of fused-ring (bicyclic) bond motifs is 1. The maximum absolute atomic E-state index is 14.3. The number of aromatic nitrogens is 4. The van der Waals surface area contributed by atoms with Crippen LogP contribution in [0.4, 0.5) is 4.39 Å². The van der Waals surface area contributed by atoms with Gasteiger partial charge in [0, 0.05) is 46.1 Å². The van der Waals surface area contributed by atoms with Crippen molar-refractivity contribution in [3.63, 3.8) is 0 Å². The maximum atomic E-state index is 14.3. The maximum Gasteiger partial charge on any atom is 0.142 e. The van der Waals surface area contributed by atoms with Crippen LogP contribution in [0.15, 0.2) is 36.8 Å². The molecule has 0 saturated heterocycles. The molecule has 1 fully saturated rings. The van der Waals surface area contributed by atoms with Gasteiger partial charge < -0.3 is 9.72 Å². The molecular formula is C25H26ClFN4O. The number of nitrogens with zero attached hydrogens (tertiary/aromatic N) is 3. The third-order valence-electron chi connectivity index (χ3n) is 6.80. The number of H-pyrrole nitrogens is 1. The van der Waals surface area contributed by atoms with Crippen LogP contribution in [0.3, 0.4) is 0 Å². The Morgan fingerprint density at radius 2 is 2.03 bits per heavy atom. The Morgan fingerprint density at radius 1 is 1.25 bits per heavy atom. The van der Waals surface area contributed by atoms with Gasteiger partial charge in [0.2, 0.25) is 0 Å². The summed E-state index contributed by atoms with van der Waals surface area (Å²) in [6, 6.07) is 5.57. The predicted molar refractivity (Wildman–Crippen MR) is 125 cm³/mol. The van der Waals surface area contributed by atoms with Crippen molar-refractivity contribution in [2.45, 2.75) is 51.5 Å². The highest BCUT2D eigenvalue weighted by Crippen LogP contribution is 2.41. The molecule has 1 saturated carbocycles. The Bertz CT molecular complexity index is 1290. The summed E-state index contributed by atoms with van der Waals surface area (Å²) in [5.74, 6) is -0.0831. The third-order valence-corrected chi connectivity index (χ3v) is 7.19. The van der Waals surface area contributed by atoms with E-state index in [9.17, 15) is 4.39 Å². The summed E-state index contributed by atoms with van der Waals surface area (Å²) in [4.78, 5) is 7.90. The summed E-state index contributed by atoms with van der Waals surface area (Å²) >= 11 is 6.36. The molecule has 1 aliphatic rings. The Labute approximate surface area is 191 Å². The molecule has 0 amide bonds. The first-order valence-electron chi connectivity index (χ1n) is 11.0. The van der Waals surface area contributed by atoms with E-state index in [1.807, 2.05) is 25.5 Å². The van der Waals surface area contributed by atoms with Gasteiger partial charge in [0.1, 0.15) is 17.2 Å². The molecule has 5 rings (SSSR count). The molecule has 0 aliphatic heterocycles. The lowest BCUT2D eigenvalue weighted by molar-refractivity contribution is 0.407. The number of ether oxygens (including phenoxy) is 1. The Kier molecular flexibility index (Phi) is 5.41. The topological polar surface area (TPSA) is 55.7 Å². The number of rotatable bonds is 5. The summed E-state index contributed by atoms with van der Waals surface area (Å²) in [7, 11) is 1.57. The van der Waals surface area contributed by atoms with Gasteiger partial charge in [0.25, 0.3) is 0 Å². The van der Waals surface area contributed by atoms with Gasteiger partial charge in [0.05, 0.1) is 24.4 Å². The third kappa shape index (κ3) is 3.37. The fourth-order valence-electron chi connectivity index (χ4n) is 5.04. The number of hydrogen-bond acceptors (Lipinski definition) is 3. The predicted octanol–water partition coefficient (Wildman–Crippen LogP) is 6.80. The number of hydrogen-bond donors (Lipinski definition) is 1. The number of nitrogens with one attached hydrogen (secondary N) is 1. The normalized spacial score (nSPS) is 15.5. The van der Waals surface area contributed by atoms with Crippen LogP contribution in [0.2, 0.25) is 5.02 Å². The minimum absolute atomic E-state index is 0.0870. The molecule has 1 N–H and O–H groups in total. The monoisotopic (exact) mass is 452 g/mol. The standard InChI is InChI=1S/C25H26ClFN4O/c1-14(23-22(32-3)9-8-21(27)24(23)26)19-12-29-25-18(19)10-16(11-28-25)20-13-30-31(15(20)2)17-6-4-5-7-17/h8-14,17H,4-7H2,1-3H3,(H,28,29). The average molecular weight is 453 g/mol. The highest BCUT2D eigenvalue weighted by molar-refractivity contribution is 6.31. The van der Waals surface area contributed by atoms with Gasteiger partial charge in [-0.15, -0.1) is 0 Å². The van der Waals surface area contributed by atoms with Gasteiger partial charge in [-0.1, -0.05) is 31.4 Å². The van der Waals surface area contributed by atoms with Crippen LogP contribution in [-0.2, 0) is 0 Å². The van der Waals surface area contributed by atoms with Crippen molar-refractivity contribution in [3.8, 4) is 16.9 Å². The van der Waals surface area contributed by atoms with Gasteiger partial charge in [-0.25, -0.2) is 9.37 Å². The lowest BCUT2D eigenvalue weighted by Crippen LogP contribution is -2.08. The molecule has 0 spiro atoms. The Balaban J connectivity index is 1.58. The van der Waals surface area contributed by atoms with Crippen LogP contribution in [0.25, 0.3) is 22.2 Å². The van der Waals surface area contributed by atoms with Crippen molar-refractivity contribution < 1.29 is 9.13 Å². The van der Waals surface area contributed by atoms with E-state index in [1.165, 1.54) is 31.7 Å². The fraction of sp³-hybridized carbons (Fsp3) is 0.360. The highest BCUT2D eigenvalue weighted by Gasteiger charge is 2.24. The molecule has 5 nitrogen and oxygen atoms in total. The van der Waals surface area contributed by atoms with E-state index in [4.69, 9.17) is 21.4 Å². The first kappa shape index (κ1) is 21.0. The van der Waals surface area contributed by atoms with E-state index >= 15 is 0 Å². The van der Waals surface area contributed by atoms with Crippen molar-refractivity contribution in [1.82, 2.24) is 19.7 Å². The van der Waals surface area contributed by atoms with Gasteiger partial charge in [-0.2, -0.15) is 5.10 Å². The Morgan fingerprint density at radius 3 is 2.78 bits per heavy atom. The van der Waals surface area contributed by atoms with E-state index in [0.717, 1.165) is 33.4 Å². The molecule has 1 unspecified atom stereocenters. The molecule has 3 aromatic heterocycles. The summed E-state index contributed by atoms with van der Waals surface area (Å²) in [5, 5.41) is 5.76. The van der Waals surface area contributed by atoms with Crippen LogP contribution in [-0.4, -0.2) is 26.9 Å². The number of benzene rings is 1. The van der Waals surface area contributed by atoms with Gasteiger partial charge in [0.15, 0.2) is 0 Å². The number of halogens is 2. The molecule has 166 valence electrons. The first-order valence-corrected chi connectivity index (χ1v) is 11.4. The van der Waals surface area contributed by atoms with E-state index < -0.39 is 5.82 Å². The summed E-state index contributed by atoms with van der Waals surface area (Å²) in [6.07, 6.45) is 10.7. The van der Waals surface area contributed by atoms with E-state index in [1.54, 1.807) is 13.2 Å². The fourth-order valence-corrected chi connectivity index (χ4v) is 5.36. The van der Waals surface area contributed by atoms with Crippen LogP contribution in [0.5, 0.6) is 5.75 Å². The molecule has 7 heteroatoms. The van der Waals surface area contributed by atoms with Crippen LogP contribution < -0.4 is 4.74 Å². The molecule has 32 heavy (non-hydrogen) atoms. The van der Waals surface area contributed by atoms with Crippen molar-refractivity contribution in [2.75, 3.05) is 7.11 Å². The zero-order valence-electron chi connectivity index (χ0n) is 18.5. The molecule has 1 aliphatic carbocycles. The molecular weight excluding hydrogens is 427 g/mol. The highest BCUT2D eigenvalue weighted by atomic mass is 35.5. The number of aromatic amines is 1. The molecule has 3 heterocycles. The van der Waals surface area contributed by atoms with Crippen molar-refractivity contribution >= 4 is 22.6 Å². The second kappa shape index (κ2) is 8.24. The number of pyridine rings is 1. The molecule has 4 aromatic rings. The number of methoxy groups -OCH3 is 1. The summed E-state index contributed by atoms with van der Waals surface area (Å²) < 4.78 is 21.9. The van der Waals surface area contributed by atoms with Crippen LogP contribution in [0.1, 0.15) is 61.4 Å². The zero-order chi connectivity index (χ0) is 22.4. The van der Waals surface area contributed by atoms with E-state index in [2.05, 4.69) is 27.6 Å².